The molecule has 0 radical (unpaired) electrons. The molecule has 4 rings (SSSR count). The molecule has 1 N–H and O–H groups in total. The predicted octanol–water partition coefficient (Wildman–Crippen LogP) is 3.70. The Morgan fingerprint density at radius 3 is 2.72 bits per heavy atom. The van der Waals surface area contributed by atoms with Gasteiger partial charge >= 0.3 is 6.18 Å². The molecule has 2 heterocycles. The lowest BCUT2D eigenvalue weighted by Gasteiger charge is -2.10. The van der Waals surface area contributed by atoms with E-state index in [1.165, 1.54) is 29.3 Å². The lowest BCUT2D eigenvalue weighted by atomic mass is 10.1. The highest BCUT2D eigenvalue weighted by molar-refractivity contribution is 5.94. The van der Waals surface area contributed by atoms with Gasteiger partial charge < -0.3 is 9.84 Å². The third-order valence-electron chi connectivity index (χ3n) is 4.88. The summed E-state index contributed by atoms with van der Waals surface area (Å²) in [4.78, 5) is 29.3. The molecule has 32 heavy (non-hydrogen) atoms. The first-order valence-corrected chi connectivity index (χ1v) is 9.56. The quantitative estimate of drug-likeness (QED) is 0.509. The summed E-state index contributed by atoms with van der Waals surface area (Å²) < 4.78 is 43.3. The minimum absolute atomic E-state index is 0.0716. The highest BCUT2D eigenvalue weighted by atomic mass is 19.4. The number of aryl methyl sites for hydroxylation is 1. The first-order valence-electron chi connectivity index (χ1n) is 9.56. The molecule has 7 nitrogen and oxygen atoms in total. The van der Waals surface area contributed by atoms with Crippen LogP contribution in [0, 0.1) is 6.92 Å². The number of alkyl halides is 3. The normalized spacial score (nSPS) is 11.6. The van der Waals surface area contributed by atoms with Gasteiger partial charge in [-0.15, -0.1) is 0 Å². The van der Waals surface area contributed by atoms with Crippen LogP contribution < -0.4 is 10.9 Å². The second kappa shape index (κ2) is 8.29. The largest absolute Gasteiger partial charge is 0.405 e. The summed E-state index contributed by atoms with van der Waals surface area (Å²) in [6.07, 6.45) is -1.58. The van der Waals surface area contributed by atoms with Crippen LogP contribution in [0.25, 0.3) is 22.0 Å². The summed E-state index contributed by atoms with van der Waals surface area (Å²) in [6.45, 7) is 0.501. The van der Waals surface area contributed by atoms with E-state index in [0.717, 1.165) is 16.8 Å². The molecule has 0 aliphatic rings. The molecule has 0 aliphatic carbocycles. The van der Waals surface area contributed by atoms with Crippen molar-refractivity contribution in [3.05, 3.63) is 82.2 Å². The van der Waals surface area contributed by atoms with E-state index in [-0.39, 0.29) is 17.7 Å². The average molecular weight is 442 g/mol. The van der Waals surface area contributed by atoms with Gasteiger partial charge in [-0.1, -0.05) is 23.4 Å². The van der Waals surface area contributed by atoms with Crippen LogP contribution >= 0.6 is 0 Å². The molecule has 2 aromatic carbocycles. The Hall–Kier alpha value is -3.95. The second-order valence-corrected chi connectivity index (χ2v) is 7.22. The summed E-state index contributed by atoms with van der Waals surface area (Å²) >= 11 is 0. The minimum atomic E-state index is -4.50. The van der Waals surface area contributed by atoms with Crippen LogP contribution in [0.5, 0.6) is 0 Å². The molecule has 0 saturated heterocycles. The van der Waals surface area contributed by atoms with Gasteiger partial charge in [-0.05, 0) is 42.3 Å². The summed E-state index contributed by atoms with van der Waals surface area (Å²) in [6, 6.07) is 11.3. The zero-order valence-corrected chi connectivity index (χ0v) is 16.8. The maximum absolute atomic E-state index is 12.9. The molecular weight excluding hydrogens is 425 g/mol. The number of carbonyl (C=O) groups is 1. The lowest BCUT2D eigenvalue weighted by Crippen LogP contribution is -2.33. The van der Waals surface area contributed by atoms with Crippen molar-refractivity contribution in [1.29, 1.82) is 0 Å². The topological polar surface area (TPSA) is 90.0 Å². The van der Waals surface area contributed by atoms with Gasteiger partial charge in [0.25, 0.3) is 11.5 Å². The van der Waals surface area contributed by atoms with Gasteiger partial charge in [0.1, 0.15) is 12.8 Å². The summed E-state index contributed by atoms with van der Waals surface area (Å²) in [5.74, 6) is -0.843. The van der Waals surface area contributed by atoms with Crippen molar-refractivity contribution in [2.45, 2.75) is 19.6 Å². The minimum Gasteiger partial charge on any atom is -0.364 e. The van der Waals surface area contributed by atoms with E-state index in [2.05, 4.69) is 10.1 Å². The molecule has 0 spiro atoms. The standard InChI is InChI=1S/C22H17F3N4O3/c1-13-18(10-32-28-13)15-5-6-17-19(8-15)27-12-29(21(17)31)9-14-3-2-4-16(7-14)20(30)26-11-22(23,24)25/h2-8,10,12H,9,11H2,1H3,(H,26,30). The van der Waals surface area contributed by atoms with E-state index in [1.54, 1.807) is 30.3 Å². The number of carbonyl (C=O) groups excluding carboxylic acids is 1. The second-order valence-electron chi connectivity index (χ2n) is 7.22. The van der Waals surface area contributed by atoms with Crippen molar-refractivity contribution >= 4 is 16.8 Å². The molecule has 0 aliphatic heterocycles. The third kappa shape index (κ3) is 4.53. The first kappa shape index (κ1) is 21.3. The molecule has 0 unspecified atom stereocenters. The Kier molecular flexibility index (Phi) is 5.52. The van der Waals surface area contributed by atoms with E-state index in [1.807, 2.05) is 12.2 Å². The average Bonchev–Trinajstić information content (AvgIpc) is 3.19. The Morgan fingerprint density at radius 1 is 1.19 bits per heavy atom. The number of benzene rings is 2. The number of nitrogens with zero attached hydrogens (tertiary/aromatic N) is 3. The van der Waals surface area contributed by atoms with Crippen LogP contribution in [-0.4, -0.2) is 33.3 Å². The molecule has 4 aromatic rings. The Balaban J connectivity index is 1.58. The van der Waals surface area contributed by atoms with Crippen molar-refractivity contribution < 1.29 is 22.5 Å². The fraction of sp³-hybridized carbons (Fsp3) is 0.182. The van der Waals surface area contributed by atoms with Crippen molar-refractivity contribution in [2.75, 3.05) is 6.54 Å². The number of hydrogen-bond donors (Lipinski definition) is 1. The number of nitrogens with one attached hydrogen (secondary N) is 1. The number of amides is 1. The number of hydrogen-bond acceptors (Lipinski definition) is 5. The Labute approximate surface area is 179 Å². The predicted molar refractivity (Wildman–Crippen MR) is 110 cm³/mol. The van der Waals surface area contributed by atoms with Gasteiger partial charge in [0.05, 0.1) is 29.5 Å². The molecule has 1 amide bonds. The highest BCUT2D eigenvalue weighted by Gasteiger charge is 2.27. The maximum Gasteiger partial charge on any atom is 0.405 e. The van der Waals surface area contributed by atoms with Crippen molar-refractivity contribution in [3.63, 3.8) is 0 Å². The van der Waals surface area contributed by atoms with Gasteiger partial charge in [-0.2, -0.15) is 13.2 Å². The monoisotopic (exact) mass is 442 g/mol. The highest BCUT2D eigenvalue weighted by Crippen LogP contribution is 2.24. The summed E-state index contributed by atoms with van der Waals surface area (Å²) in [5, 5.41) is 6.09. The van der Waals surface area contributed by atoms with Crippen molar-refractivity contribution in [2.24, 2.45) is 0 Å². The van der Waals surface area contributed by atoms with Crippen LogP contribution in [0.4, 0.5) is 13.2 Å². The van der Waals surface area contributed by atoms with Crippen LogP contribution in [-0.2, 0) is 6.54 Å². The first-order chi connectivity index (χ1) is 15.2. The fourth-order valence-corrected chi connectivity index (χ4v) is 3.30. The Bertz CT molecular complexity index is 1360. The smallest absolute Gasteiger partial charge is 0.364 e. The van der Waals surface area contributed by atoms with E-state index in [0.29, 0.717) is 16.5 Å². The third-order valence-corrected chi connectivity index (χ3v) is 4.88. The van der Waals surface area contributed by atoms with Crippen LogP contribution in [0.1, 0.15) is 21.6 Å². The number of halogens is 3. The maximum atomic E-state index is 12.9. The molecule has 10 heteroatoms. The molecule has 0 saturated carbocycles. The summed E-state index contributed by atoms with van der Waals surface area (Å²) in [5.41, 5.74) is 3.21. The summed E-state index contributed by atoms with van der Waals surface area (Å²) in [7, 11) is 0. The van der Waals surface area contributed by atoms with Gasteiger partial charge in [-0.25, -0.2) is 4.98 Å². The number of fused-ring (bicyclic) bond motifs is 1. The molecule has 0 atom stereocenters. The van der Waals surface area contributed by atoms with E-state index in [9.17, 15) is 22.8 Å². The molecule has 2 aromatic heterocycles. The fourth-order valence-electron chi connectivity index (χ4n) is 3.30. The number of aromatic nitrogens is 3. The lowest BCUT2D eigenvalue weighted by molar-refractivity contribution is -0.123. The Morgan fingerprint density at radius 2 is 2.00 bits per heavy atom. The van der Waals surface area contributed by atoms with E-state index >= 15 is 0 Å². The van der Waals surface area contributed by atoms with Crippen molar-refractivity contribution in [1.82, 2.24) is 20.0 Å². The van der Waals surface area contributed by atoms with Gasteiger partial charge in [0.2, 0.25) is 0 Å². The molecular formula is C22H17F3N4O3. The van der Waals surface area contributed by atoms with Crippen LogP contribution in [0.15, 0.2) is 64.4 Å². The van der Waals surface area contributed by atoms with Crippen LogP contribution in [0.2, 0.25) is 0 Å². The SMILES string of the molecule is Cc1nocc1-c1ccc2c(=O)n(Cc3cccc(C(=O)NCC(F)(F)F)c3)cnc2c1. The number of rotatable bonds is 5. The van der Waals surface area contributed by atoms with E-state index < -0.39 is 18.6 Å². The zero-order chi connectivity index (χ0) is 22.9. The molecule has 164 valence electrons. The van der Waals surface area contributed by atoms with Crippen molar-refractivity contribution in [3.8, 4) is 11.1 Å². The van der Waals surface area contributed by atoms with Gasteiger partial charge in [-0.3, -0.25) is 14.2 Å². The van der Waals surface area contributed by atoms with Gasteiger partial charge in [0, 0.05) is 11.1 Å². The zero-order valence-electron chi connectivity index (χ0n) is 16.8. The van der Waals surface area contributed by atoms with Gasteiger partial charge in [0.15, 0.2) is 0 Å². The molecule has 0 bridgehead atoms. The molecule has 0 fully saturated rings. The van der Waals surface area contributed by atoms with E-state index in [4.69, 9.17) is 4.52 Å². The van der Waals surface area contributed by atoms with Crippen LogP contribution in [0.3, 0.4) is 0 Å².